The topological polar surface area (TPSA) is 55.3 Å². The van der Waals surface area contributed by atoms with E-state index in [-0.39, 0.29) is 6.04 Å². The van der Waals surface area contributed by atoms with Gasteiger partial charge < -0.3 is 16.4 Å². The average molecular weight is 173 g/mol. The number of piperidine rings is 1. The van der Waals surface area contributed by atoms with Crippen LogP contribution in [0.25, 0.3) is 0 Å². The molecule has 12 heavy (non-hydrogen) atoms. The van der Waals surface area contributed by atoms with Gasteiger partial charge in [0, 0.05) is 24.8 Å². The van der Waals surface area contributed by atoms with E-state index in [1.807, 2.05) is 4.90 Å². The fourth-order valence-electron chi connectivity index (χ4n) is 1.34. The maximum Gasteiger partial charge on any atom is 0.133 e. The molecule has 70 valence electrons. The van der Waals surface area contributed by atoms with Gasteiger partial charge in [0.1, 0.15) is 6.17 Å². The molecule has 0 aromatic rings. The second-order valence-corrected chi connectivity index (χ2v) is 3.18. The summed E-state index contributed by atoms with van der Waals surface area (Å²) in [7, 11) is 0. The van der Waals surface area contributed by atoms with Crippen LogP contribution in [0.3, 0.4) is 0 Å². The van der Waals surface area contributed by atoms with Crippen LogP contribution in [-0.4, -0.2) is 36.7 Å². The van der Waals surface area contributed by atoms with Crippen LogP contribution >= 0.6 is 0 Å². The minimum Gasteiger partial charge on any atom is -0.371 e. The monoisotopic (exact) mass is 173 g/mol. The molecule has 0 radical (unpaired) electrons. The van der Waals surface area contributed by atoms with Gasteiger partial charge in [0.15, 0.2) is 0 Å². The lowest BCUT2D eigenvalue weighted by Crippen LogP contribution is -2.48. The van der Waals surface area contributed by atoms with E-state index in [2.05, 4.69) is 6.58 Å². The van der Waals surface area contributed by atoms with Crippen LogP contribution in [0.4, 0.5) is 4.39 Å². The summed E-state index contributed by atoms with van der Waals surface area (Å²) >= 11 is 0. The zero-order valence-corrected chi connectivity index (χ0v) is 7.17. The fourth-order valence-corrected chi connectivity index (χ4v) is 1.34. The number of alkyl halides is 1. The van der Waals surface area contributed by atoms with Crippen molar-refractivity contribution in [2.45, 2.75) is 18.6 Å². The van der Waals surface area contributed by atoms with E-state index in [4.69, 9.17) is 11.5 Å². The molecule has 2 unspecified atom stereocenters. The predicted octanol–water partition coefficient (Wildman–Crippen LogP) is -0.170. The lowest BCUT2D eigenvalue weighted by Gasteiger charge is -2.35. The molecule has 0 saturated carbocycles. The first-order chi connectivity index (χ1) is 5.65. The first kappa shape index (κ1) is 9.48. The summed E-state index contributed by atoms with van der Waals surface area (Å²) in [6.45, 7) is 5.26. The Morgan fingerprint density at radius 3 is 2.83 bits per heavy atom. The molecule has 1 fully saturated rings. The smallest absolute Gasteiger partial charge is 0.133 e. The van der Waals surface area contributed by atoms with E-state index < -0.39 is 6.17 Å². The highest BCUT2D eigenvalue weighted by molar-refractivity contribution is 4.99. The van der Waals surface area contributed by atoms with Gasteiger partial charge in [0.25, 0.3) is 0 Å². The van der Waals surface area contributed by atoms with Crippen molar-refractivity contribution in [3.63, 3.8) is 0 Å². The van der Waals surface area contributed by atoms with Crippen LogP contribution < -0.4 is 11.5 Å². The molecule has 3 nitrogen and oxygen atoms in total. The van der Waals surface area contributed by atoms with Crippen LogP contribution in [0.2, 0.25) is 0 Å². The molecule has 1 heterocycles. The molecule has 4 heteroatoms. The molecule has 2 atom stereocenters. The largest absolute Gasteiger partial charge is 0.371 e. The average Bonchev–Trinajstić information content (AvgIpc) is 2.08. The van der Waals surface area contributed by atoms with Crippen molar-refractivity contribution in [2.24, 2.45) is 11.5 Å². The maximum absolute atomic E-state index is 13.1. The molecule has 0 spiro atoms. The van der Waals surface area contributed by atoms with Gasteiger partial charge >= 0.3 is 0 Å². The Balaban J connectivity index is 2.45. The van der Waals surface area contributed by atoms with Crippen molar-refractivity contribution in [3.8, 4) is 0 Å². The highest BCUT2D eigenvalue weighted by Gasteiger charge is 2.26. The number of rotatable bonds is 2. The van der Waals surface area contributed by atoms with Gasteiger partial charge in [-0.1, -0.05) is 6.58 Å². The predicted molar refractivity (Wildman–Crippen MR) is 47.3 cm³/mol. The standard InChI is InChI=1S/C8H16FN3/c1-6(4-10)12-3-2-8(11)7(9)5-12/h7-8H,1-5,10-11H2. The third kappa shape index (κ3) is 1.95. The Morgan fingerprint density at radius 2 is 2.33 bits per heavy atom. The zero-order valence-electron chi connectivity index (χ0n) is 7.17. The first-order valence-corrected chi connectivity index (χ1v) is 4.17. The minimum atomic E-state index is -0.943. The number of hydrogen-bond acceptors (Lipinski definition) is 3. The van der Waals surface area contributed by atoms with Gasteiger partial charge in [0.2, 0.25) is 0 Å². The van der Waals surface area contributed by atoms with E-state index in [1.165, 1.54) is 0 Å². The van der Waals surface area contributed by atoms with E-state index in [1.54, 1.807) is 0 Å². The third-order valence-corrected chi connectivity index (χ3v) is 2.27. The molecule has 4 N–H and O–H groups in total. The van der Waals surface area contributed by atoms with Gasteiger partial charge in [-0.2, -0.15) is 0 Å². The summed E-state index contributed by atoms with van der Waals surface area (Å²) in [4.78, 5) is 1.87. The molecular formula is C8H16FN3. The first-order valence-electron chi connectivity index (χ1n) is 4.17. The number of halogens is 1. The van der Waals surface area contributed by atoms with Crippen LogP contribution in [0, 0.1) is 0 Å². The van der Waals surface area contributed by atoms with E-state index in [0.717, 1.165) is 12.2 Å². The Bertz CT molecular complexity index is 172. The number of nitrogens with zero attached hydrogens (tertiary/aromatic N) is 1. The fraction of sp³-hybridized carbons (Fsp3) is 0.750. The van der Waals surface area contributed by atoms with Gasteiger partial charge in [-0.15, -0.1) is 0 Å². The van der Waals surface area contributed by atoms with E-state index >= 15 is 0 Å². The highest BCUT2D eigenvalue weighted by atomic mass is 19.1. The molecule has 1 rings (SSSR count). The molecule has 1 aliphatic heterocycles. The quantitative estimate of drug-likeness (QED) is 0.609. The van der Waals surface area contributed by atoms with Crippen molar-refractivity contribution in [1.82, 2.24) is 4.90 Å². The van der Waals surface area contributed by atoms with Crippen molar-refractivity contribution in [2.75, 3.05) is 19.6 Å². The summed E-state index contributed by atoms with van der Waals surface area (Å²) in [6.07, 6.45) is -0.262. The second kappa shape index (κ2) is 3.87. The maximum atomic E-state index is 13.1. The van der Waals surface area contributed by atoms with Crippen LogP contribution in [0.5, 0.6) is 0 Å². The van der Waals surface area contributed by atoms with Crippen LogP contribution in [0.15, 0.2) is 12.3 Å². The Morgan fingerprint density at radius 1 is 1.67 bits per heavy atom. The molecule has 0 bridgehead atoms. The second-order valence-electron chi connectivity index (χ2n) is 3.18. The van der Waals surface area contributed by atoms with Gasteiger partial charge in [-0.05, 0) is 6.42 Å². The Labute approximate surface area is 72.2 Å². The zero-order chi connectivity index (χ0) is 9.14. The molecule has 0 aliphatic carbocycles. The lowest BCUT2D eigenvalue weighted by molar-refractivity contribution is 0.145. The summed E-state index contributed by atoms with van der Waals surface area (Å²) in [5.74, 6) is 0. The molecule has 1 aliphatic rings. The van der Waals surface area contributed by atoms with E-state index in [9.17, 15) is 4.39 Å². The number of hydrogen-bond donors (Lipinski definition) is 2. The van der Waals surface area contributed by atoms with Gasteiger partial charge in [0.05, 0.1) is 6.54 Å². The van der Waals surface area contributed by atoms with Gasteiger partial charge in [-0.25, -0.2) is 4.39 Å². The lowest BCUT2D eigenvalue weighted by atomic mass is 10.0. The highest BCUT2D eigenvalue weighted by Crippen LogP contribution is 2.15. The molecule has 0 aromatic carbocycles. The number of nitrogens with two attached hydrogens (primary N) is 2. The van der Waals surface area contributed by atoms with E-state index in [0.29, 0.717) is 19.5 Å². The molecule has 0 amide bonds. The van der Waals surface area contributed by atoms with Crippen molar-refractivity contribution < 1.29 is 4.39 Å². The SMILES string of the molecule is C=C(CN)N1CCC(N)C(F)C1. The van der Waals surface area contributed by atoms with Crippen molar-refractivity contribution in [1.29, 1.82) is 0 Å². The third-order valence-electron chi connectivity index (χ3n) is 2.27. The summed E-state index contributed by atoms with van der Waals surface area (Å²) in [5, 5.41) is 0. The molecule has 1 saturated heterocycles. The van der Waals surface area contributed by atoms with Crippen LogP contribution in [0.1, 0.15) is 6.42 Å². The molecular weight excluding hydrogens is 157 g/mol. The summed E-state index contributed by atoms with van der Waals surface area (Å²) in [5.41, 5.74) is 11.7. The van der Waals surface area contributed by atoms with Crippen molar-refractivity contribution >= 4 is 0 Å². The summed E-state index contributed by atoms with van der Waals surface area (Å²) < 4.78 is 13.1. The van der Waals surface area contributed by atoms with Crippen molar-refractivity contribution in [3.05, 3.63) is 12.3 Å². The minimum absolute atomic E-state index is 0.313. The van der Waals surface area contributed by atoms with Gasteiger partial charge in [-0.3, -0.25) is 0 Å². The van der Waals surface area contributed by atoms with Crippen LogP contribution in [-0.2, 0) is 0 Å². The number of likely N-dealkylation sites (tertiary alicyclic amines) is 1. The Kier molecular flexibility index (Phi) is 3.05. The summed E-state index contributed by atoms with van der Waals surface area (Å²) in [6, 6.07) is -0.313. The Hall–Kier alpha value is -0.610. The molecule has 0 aromatic heterocycles. The normalized spacial score (nSPS) is 30.4.